The fraction of sp³-hybridized carbons (Fsp3) is 0.708. The highest BCUT2D eigenvalue weighted by molar-refractivity contribution is 14.0. The minimum atomic E-state index is 0. The maximum absolute atomic E-state index is 5.98. The first-order valence-electron chi connectivity index (χ1n) is 11.8. The molecular formula is C24H41IN4O3. The average Bonchev–Trinajstić information content (AvgIpc) is 3.44. The van der Waals surface area contributed by atoms with Crippen molar-refractivity contribution in [3.8, 4) is 11.5 Å². The normalized spacial score (nSPS) is 20.7. The molecule has 0 aromatic heterocycles. The monoisotopic (exact) mass is 560 g/mol. The second-order valence-corrected chi connectivity index (χ2v) is 8.50. The third-order valence-corrected chi connectivity index (χ3v) is 6.46. The summed E-state index contributed by atoms with van der Waals surface area (Å²) in [4.78, 5) is 9.65. The van der Waals surface area contributed by atoms with Gasteiger partial charge in [-0.1, -0.05) is 19.9 Å². The molecule has 0 saturated carbocycles. The number of aliphatic imine (C=N–C) groups is 1. The van der Waals surface area contributed by atoms with Crippen molar-refractivity contribution in [3.63, 3.8) is 0 Å². The van der Waals surface area contributed by atoms with Crippen LogP contribution in [0.5, 0.6) is 11.5 Å². The van der Waals surface area contributed by atoms with E-state index in [0.717, 1.165) is 81.9 Å². The number of nitrogens with one attached hydrogen (secondary N) is 1. The molecule has 0 radical (unpaired) electrons. The van der Waals surface area contributed by atoms with Crippen LogP contribution in [0.1, 0.15) is 39.2 Å². The summed E-state index contributed by atoms with van der Waals surface area (Å²) in [5.41, 5.74) is 1.44. The minimum absolute atomic E-state index is 0. The van der Waals surface area contributed by atoms with Crippen LogP contribution in [0.25, 0.3) is 0 Å². The van der Waals surface area contributed by atoms with Crippen LogP contribution in [0.2, 0.25) is 0 Å². The molecule has 1 unspecified atom stereocenters. The van der Waals surface area contributed by atoms with Crippen LogP contribution in [-0.4, -0.2) is 82.0 Å². The molecule has 2 saturated heterocycles. The van der Waals surface area contributed by atoms with Gasteiger partial charge in [-0.25, -0.2) is 4.99 Å². The Balaban J connectivity index is 0.00000363. The van der Waals surface area contributed by atoms with Crippen molar-refractivity contribution in [2.75, 3.05) is 66.2 Å². The van der Waals surface area contributed by atoms with Gasteiger partial charge in [0.1, 0.15) is 6.61 Å². The van der Waals surface area contributed by atoms with E-state index in [1.807, 2.05) is 12.1 Å². The second kappa shape index (κ2) is 13.4. The Morgan fingerprint density at radius 1 is 1.22 bits per heavy atom. The number of likely N-dealkylation sites (N-methyl/N-ethyl adjacent to an activating group) is 1. The largest absolute Gasteiger partial charge is 0.493 e. The number of guanidine groups is 1. The Kier molecular flexibility index (Phi) is 11.3. The van der Waals surface area contributed by atoms with E-state index in [1.54, 1.807) is 7.11 Å². The van der Waals surface area contributed by atoms with Gasteiger partial charge in [0.15, 0.2) is 17.5 Å². The van der Waals surface area contributed by atoms with Crippen LogP contribution in [-0.2, 0) is 11.3 Å². The summed E-state index contributed by atoms with van der Waals surface area (Å²) in [6.07, 6.45) is 2.35. The molecule has 182 valence electrons. The lowest BCUT2D eigenvalue weighted by molar-refractivity contribution is 0.156. The van der Waals surface area contributed by atoms with Gasteiger partial charge in [0.2, 0.25) is 0 Å². The van der Waals surface area contributed by atoms with Crippen molar-refractivity contribution < 1.29 is 14.2 Å². The van der Waals surface area contributed by atoms with Crippen LogP contribution < -0.4 is 14.8 Å². The molecule has 1 atom stereocenters. The molecule has 2 fully saturated rings. The van der Waals surface area contributed by atoms with Crippen molar-refractivity contribution in [2.45, 2.75) is 40.2 Å². The summed E-state index contributed by atoms with van der Waals surface area (Å²) in [5.74, 6) is 2.54. The SMILES string of the molecule is CCNC(=NCc1ccc(OCCN(CC)CC)c(OC)c1)N1CCC2(CCOC2)C1.I. The first-order chi connectivity index (χ1) is 15.1. The zero-order chi connectivity index (χ0) is 22.1. The molecule has 2 aliphatic rings. The molecular weight excluding hydrogens is 519 g/mol. The number of methoxy groups -OCH3 is 1. The Hall–Kier alpha value is -1.26. The van der Waals surface area contributed by atoms with Gasteiger partial charge in [0.05, 0.1) is 20.3 Å². The molecule has 0 aliphatic carbocycles. The van der Waals surface area contributed by atoms with E-state index in [1.165, 1.54) is 6.42 Å². The fourth-order valence-corrected chi connectivity index (χ4v) is 4.43. The highest BCUT2D eigenvalue weighted by atomic mass is 127. The van der Waals surface area contributed by atoms with E-state index < -0.39 is 0 Å². The van der Waals surface area contributed by atoms with E-state index in [2.05, 4.69) is 42.0 Å². The third-order valence-electron chi connectivity index (χ3n) is 6.46. The van der Waals surface area contributed by atoms with Gasteiger partial charge < -0.3 is 29.3 Å². The first-order valence-corrected chi connectivity index (χ1v) is 11.8. The number of nitrogens with zero attached hydrogens (tertiary/aromatic N) is 3. The van der Waals surface area contributed by atoms with Gasteiger partial charge in [0, 0.05) is 38.2 Å². The van der Waals surface area contributed by atoms with Crippen molar-refractivity contribution in [2.24, 2.45) is 10.4 Å². The van der Waals surface area contributed by atoms with Crippen LogP contribution in [0.4, 0.5) is 0 Å². The van der Waals surface area contributed by atoms with Gasteiger partial charge in [-0.05, 0) is 50.6 Å². The standard InChI is InChI=1S/C24H40N4O3.HI/c1-5-25-23(28-12-10-24(18-28)11-14-30-19-24)26-17-20-8-9-21(22(16-20)29-4)31-15-13-27(6-2)7-3;/h8-9,16H,5-7,10-15,17-19H2,1-4H3,(H,25,26);1H. The lowest BCUT2D eigenvalue weighted by Gasteiger charge is -2.25. The number of benzene rings is 1. The Bertz CT molecular complexity index is 721. The smallest absolute Gasteiger partial charge is 0.194 e. The summed E-state index contributed by atoms with van der Waals surface area (Å²) in [6.45, 7) is 15.4. The van der Waals surface area contributed by atoms with Gasteiger partial charge in [-0.3, -0.25) is 0 Å². The molecule has 1 aromatic rings. The molecule has 1 N–H and O–H groups in total. The van der Waals surface area contributed by atoms with Crippen molar-refractivity contribution >= 4 is 29.9 Å². The van der Waals surface area contributed by atoms with Gasteiger partial charge in [-0.15, -0.1) is 24.0 Å². The molecule has 0 amide bonds. The molecule has 3 rings (SSSR count). The maximum Gasteiger partial charge on any atom is 0.194 e. The predicted octanol–water partition coefficient (Wildman–Crippen LogP) is 3.61. The average molecular weight is 561 g/mol. The first kappa shape index (κ1) is 27.0. The number of likely N-dealkylation sites (tertiary alicyclic amines) is 1. The molecule has 32 heavy (non-hydrogen) atoms. The maximum atomic E-state index is 5.98. The number of ether oxygens (including phenoxy) is 3. The summed E-state index contributed by atoms with van der Waals surface area (Å²) in [7, 11) is 1.69. The summed E-state index contributed by atoms with van der Waals surface area (Å²) < 4.78 is 17.2. The Labute approximate surface area is 210 Å². The summed E-state index contributed by atoms with van der Waals surface area (Å²) in [5, 5.41) is 3.47. The molecule has 2 aliphatic heterocycles. The zero-order valence-corrected chi connectivity index (χ0v) is 22.5. The molecule has 8 heteroatoms. The van der Waals surface area contributed by atoms with E-state index >= 15 is 0 Å². The lowest BCUT2D eigenvalue weighted by atomic mass is 9.87. The van der Waals surface area contributed by atoms with Crippen LogP contribution in [0.15, 0.2) is 23.2 Å². The van der Waals surface area contributed by atoms with Crippen molar-refractivity contribution in [3.05, 3.63) is 23.8 Å². The quantitative estimate of drug-likeness (QED) is 0.268. The summed E-state index contributed by atoms with van der Waals surface area (Å²) in [6, 6.07) is 6.12. The van der Waals surface area contributed by atoms with E-state index in [4.69, 9.17) is 19.2 Å². The third kappa shape index (κ3) is 7.12. The van der Waals surface area contributed by atoms with Gasteiger partial charge in [-0.2, -0.15) is 0 Å². The molecule has 1 spiro atoms. The van der Waals surface area contributed by atoms with Gasteiger partial charge >= 0.3 is 0 Å². The Morgan fingerprint density at radius 2 is 2.03 bits per heavy atom. The predicted molar refractivity (Wildman–Crippen MR) is 141 cm³/mol. The number of rotatable bonds is 10. The molecule has 2 heterocycles. The molecule has 7 nitrogen and oxygen atoms in total. The van der Waals surface area contributed by atoms with Crippen LogP contribution in [0.3, 0.4) is 0 Å². The van der Waals surface area contributed by atoms with Gasteiger partial charge in [0.25, 0.3) is 0 Å². The highest BCUT2D eigenvalue weighted by Gasteiger charge is 2.42. The second-order valence-electron chi connectivity index (χ2n) is 8.50. The molecule has 1 aromatic carbocycles. The topological polar surface area (TPSA) is 58.6 Å². The van der Waals surface area contributed by atoms with Crippen LogP contribution in [0, 0.1) is 5.41 Å². The number of hydrogen-bond donors (Lipinski definition) is 1. The molecule has 0 bridgehead atoms. The van der Waals surface area contributed by atoms with Crippen LogP contribution >= 0.6 is 24.0 Å². The number of halogens is 1. The highest BCUT2D eigenvalue weighted by Crippen LogP contribution is 2.38. The van der Waals surface area contributed by atoms with E-state index in [9.17, 15) is 0 Å². The fourth-order valence-electron chi connectivity index (χ4n) is 4.43. The minimum Gasteiger partial charge on any atom is -0.493 e. The van der Waals surface area contributed by atoms with Crippen molar-refractivity contribution in [1.82, 2.24) is 15.1 Å². The zero-order valence-electron chi connectivity index (χ0n) is 20.2. The van der Waals surface area contributed by atoms with E-state index in [0.29, 0.717) is 18.6 Å². The lowest BCUT2D eigenvalue weighted by Crippen LogP contribution is -2.41. The van der Waals surface area contributed by atoms with Crippen molar-refractivity contribution in [1.29, 1.82) is 0 Å². The van der Waals surface area contributed by atoms with E-state index in [-0.39, 0.29) is 24.0 Å². The number of hydrogen-bond acceptors (Lipinski definition) is 5. The Morgan fingerprint density at radius 3 is 2.69 bits per heavy atom. The summed E-state index contributed by atoms with van der Waals surface area (Å²) >= 11 is 0.